The lowest BCUT2D eigenvalue weighted by Crippen LogP contribution is -2.42. The summed E-state index contributed by atoms with van der Waals surface area (Å²) in [4.78, 5) is 25.7. The fourth-order valence-electron chi connectivity index (χ4n) is 4.64. The fourth-order valence-corrected chi connectivity index (χ4v) is 6.20. The van der Waals surface area contributed by atoms with Crippen LogP contribution in [0.15, 0.2) is 53.4 Å². The third kappa shape index (κ3) is 4.46. The van der Waals surface area contributed by atoms with Gasteiger partial charge in [-0.1, -0.05) is 23.8 Å². The Kier molecular flexibility index (Phi) is 6.16. The average molecular weight is 494 g/mol. The standard InChI is InChI=1S/C25H27N5O4S/c1-17-10-12-19(13-11-17)30-22-9-5-8-21(22)23(28-30)25(32)27-26-24(31)18-6-4-7-20(16-18)35(33,34)29-14-2-3-15-29/h4,6-7,10-13,16H,2-3,5,8-9,14-15H2,1H3,(H,26,31)(H,27,32). The summed E-state index contributed by atoms with van der Waals surface area (Å²) in [6.45, 7) is 2.97. The van der Waals surface area contributed by atoms with Crippen molar-refractivity contribution in [3.63, 3.8) is 0 Å². The molecule has 0 atom stereocenters. The predicted molar refractivity (Wildman–Crippen MR) is 130 cm³/mol. The molecule has 5 rings (SSSR count). The number of hydrogen-bond acceptors (Lipinski definition) is 5. The molecular formula is C25H27N5O4S. The number of aromatic nitrogens is 2. The molecule has 2 N–H and O–H groups in total. The fraction of sp³-hybridized carbons (Fsp3) is 0.320. The Morgan fingerprint density at radius 1 is 0.914 bits per heavy atom. The monoisotopic (exact) mass is 493 g/mol. The van der Waals surface area contributed by atoms with E-state index in [1.165, 1.54) is 28.6 Å². The van der Waals surface area contributed by atoms with Crippen molar-refractivity contribution in [3.8, 4) is 5.69 Å². The molecule has 0 radical (unpaired) electrons. The SMILES string of the molecule is Cc1ccc(-n2nc(C(=O)NNC(=O)c3cccc(S(=O)(=O)N4CCCC4)c3)c3c2CCC3)cc1. The van der Waals surface area contributed by atoms with Crippen molar-refractivity contribution in [3.05, 3.63) is 76.6 Å². The molecule has 10 heteroatoms. The number of amides is 2. The third-order valence-corrected chi connectivity index (χ3v) is 8.41. The summed E-state index contributed by atoms with van der Waals surface area (Å²) in [5.74, 6) is -1.12. The Morgan fingerprint density at radius 2 is 1.63 bits per heavy atom. The van der Waals surface area contributed by atoms with Crippen molar-refractivity contribution in [1.82, 2.24) is 24.9 Å². The van der Waals surface area contributed by atoms with Gasteiger partial charge >= 0.3 is 0 Å². The molecule has 2 heterocycles. The highest BCUT2D eigenvalue weighted by Gasteiger charge is 2.29. The Labute approximate surface area is 204 Å². The highest BCUT2D eigenvalue weighted by atomic mass is 32.2. The van der Waals surface area contributed by atoms with Gasteiger partial charge in [-0.25, -0.2) is 13.1 Å². The van der Waals surface area contributed by atoms with Crippen LogP contribution < -0.4 is 10.9 Å². The largest absolute Gasteiger partial charge is 0.290 e. The second-order valence-electron chi connectivity index (χ2n) is 8.92. The third-order valence-electron chi connectivity index (χ3n) is 6.51. The van der Waals surface area contributed by atoms with Crippen molar-refractivity contribution in [1.29, 1.82) is 0 Å². The molecule has 1 aliphatic heterocycles. The predicted octanol–water partition coefficient (Wildman–Crippen LogP) is 2.53. The zero-order valence-electron chi connectivity index (χ0n) is 19.5. The van der Waals surface area contributed by atoms with Crippen LogP contribution in [0, 0.1) is 6.92 Å². The number of nitrogens with zero attached hydrogens (tertiary/aromatic N) is 3. The van der Waals surface area contributed by atoms with Crippen LogP contribution >= 0.6 is 0 Å². The summed E-state index contributed by atoms with van der Waals surface area (Å²) in [5, 5.41) is 4.54. The van der Waals surface area contributed by atoms with Gasteiger partial charge in [0.05, 0.1) is 10.6 Å². The lowest BCUT2D eigenvalue weighted by Gasteiger charge is -2.16. The first kappa shape index (κ1) is 23.3. The second-order valence-corrected chi connectivity index (χ2v) is 10.9. The van der Waals surface area contributed by atoms with Gasteiger partial charge in [0.2, 0.25) is 10.0 Å². The highest BCUT2D eigenvalue weighted by molar-refractivity contribution is 7.89. The number of nitrogens with one attached hydrogen (secondary N) is 2. The van der Waals surface area contributed by atoms with Crippen molar-refractivity contribution >= 4 is 21.8 Å². The van der Waals surface area contributed by atoms with E-state index in [1.807, 2.05) is 31.2 Å². The molecule has 0 spiro atoms. The maximum absolute atomic E-state index is 12.9. The summed E-state index contributed by atoms with van der Waals surface area (Å²) in [6.07, 6.45) is 4.16. The molecule has 3 aromatic rings. The smallest absolute Gasteiger partial charge is 0.267 e. The van der Waals surface area contributed by atoms with E-state index in [0.717, 1.165) is 54.6 Å². The molecule has 1 aliphatic carbocycles. The van der Waals surface area contributed by atoms with Crippen LogP contribution in [-0.2, 0) is 22.9 Å². The van der Waals surface area contributed by atoms with Crippen molar-refractivity contribution in [2.24, 2.45) is 0 Å². The number of aryl methyl sites for hydroxylation is 1. The average Bonchev–Trinajstić information content (AvgIpc) is 3.62. The molecule has 35 heavy (non-hydrogen) atoms. The van der Waals surface area contributed by atoms with Gasteiger partial charge in [-0.05, 0) is 69.4 Å². The van der Waals surface area contributed by atoms with E-state index in [4.69, 9.17) is 0 Å². The number of fused-ring (bicyclic) bond motifs is 1. The quantitative estimate of drug-likeness (QED) is 0.531. The molecule has 2 amide bonds. The van der Waals surface area contributed by atoms with E-state index in [-0.39, 0.29) is 16.2 Å². The van der Waals surface area contributed by atoms with Gasteiger partial charge in [0.25, 0.3) is 11.8 Å². The summed E-state index contributed by atoms with van der Waals surface area (Å²) in [7, 11) is -3.65. The lowest BCUT2D eigenvalue weighted by atomic mass is 10.2. The summed E-state index contributed by atoms with van der Waals surface area (Å²) in [5.41, 5.74) is 9.16. The van der Waals surface area contributed by atoms with Gasteiger partial charge in [0.1, 0.15) is 0 Å². The van der Waals surface area contributed by atoms with Gasteiger partial charge in [-0.2, -0.15) is 9.40 Å². The number of benzene rings is 2. The van der Waals surface area contributed by atoms with Gasteiger partial charge in [0.15, 0.2) is 5.69 Å². The molecular weight excluding hydrogens is 466 g/mol. The van der Waals surface area contributed by atoms with Crippen LogP contribution in [0.1, 0.15) is 56.9 Å². The van der Waals surface area contributed by atoms with E-state index in [0.29, 0.717) is 13.1 Å². The molecule has 1 aromatic heterocycles. The zero-order valence-corrected chi connectivity index (χ0v) is 20.3. The van der Waals surface area contributed by atoms with Crippen molar-refractivity contribution < 1.29 is 18.0 Å². The molecule has 1 saturated heterocycles. The first-order chi connectivity index (χ1) is 16.8. The van der Waals surface area contributed by atoms with Crippen LogP contribution in [0.2, 0.25) is 0 Å². The van der Waals surface area contributed by atoms with Crippen LogP contribution in [0.4, 0.5) is 0 Å². The molecule has 2 aromatic carbocycles. The number of sulfonamides is 1. The van der Waals surface area contributed by atoms with Crippen LogP contribution in [0.3, 0.4) is 0 Å². The number of carbonyl (C=O) groups excluding carboxylic acids is 2. The first-order valence-corrected chi connectivity index (χ1v) is 13.2. The lowest BCUT2D eigenvalue weighted by molar-refractivity contribution is 0.0843. The molecule has 0 unspecified atom stereocenters. The summed E-state index contributed by atoms with van der Waals surface area (Å²) < 4.78 is 28.9. The van der Waals surface area contributed by atoms with Crippen molar-refractivity contribution in [2.45, 2.75) is 43.9 Å². The Bertz CT molecular complexity index is 1390. The molecule has 1 fully saturated rings. The van der Waals surface area contributed by atoms with E-state index in [9.17, 15) is 18.0 Å². The first-order valence-electron chi connectivity index (χ1n) is 11.7. The number of rotatable bonds is 5. The van der Waals surface area contributed by atoms with Crippen molar-refractivity contribution in [2.75, 3.05) is 13.1 Å². The normalized spacial score (nSPS) is 15.7. The van der Waals surface area contributed by atoms with Crippen LogP contribution in [0.25, 0.3) is 5.69 Å². The molecule has 9 nitrogen and oxygen atoms in total. The molecule has 2 aliphatic rings. The molecule has 182 valence electrons. The van der Waals surface area contributed by atoms with Gasteiger partial charge in [-0.15, -0.1) is 0 Å². The van der Waals surface area contributed by atoms with Gasteiger partial charge < -0.3 is 0 Å². The Morgan fingerprint density at radius 3 is 2.37 bits per heavy atom. The maximum atomic E-state index is 12.9. The van der Waals surface area contributed by atoms with E-state index < -0.39 is 21.8 Å². The second kappa shape index (κ2) is 9.27. The minimum Gasteiger partial charge on any atom is -0.267 e. The maximum Gasteiger partial charge on any atom is 0.290 e. The van der Waals surface area contributed by atoms with E-state index in [2.05, 4.69) is 16.0 Å². The van der Waals surface area contributed by atoms with E-state index in [1.54, 1.807) is 4.68 Å². The Hall–Kier alpha value is -3.50. The molecule has 0 bridgehead atoms. The molecule has 0 saturated carbocycles. The number of hydrogen-bond donors (Lipinski definition) is 2. The number of hydrazine groups is 1. The summed E-state index contributed by atoms with van der Waals surface area (Å²) in [6, 6.07) is 13.8. The topological polar surface area (TPSA) is 113 Å². The Balaban J connectivity index is 1.31. The number of carbonyl (C=O) groups is 2. The van der Waals surface area contributed by atoms with E-state index >= 15 is 0 Å². The minimum atomic E-state index is -3.65. The van der Waals surface area contributed by atoms with Crippen LogP contribution in [0.5, 0.6) is 0 Å². The zero-order chi connectivity index (χ0) is 24.6. The van der Waals surface area contributed by atoms with Gasteiger partial charge in [0, 0.05) is 29.9 Å². The minimum absolute atomic E-state index is 0.0630. The summed E-state index contributed by atoms with van der Waals surface area (Å²) >= 11 is 0. The highest BCUT2D eigenvalue weighted by Crippen LogP contribution is 2.28. The van der Waals surface area contributed by atoms with Gasteiger partial charge in [-0.3, -0.25) is 20.4 Å². The van der Waals surface area contributed by atoms with Crippen LogP contribution in [-0.4, -0.2) is 47.4 Å².